The molecule has 1 N–H and O–H groups in total. The van der Waals surface area contributed by atoms with Gasteiger partial charge >= 0.3 is 0 Å². The van der Waals surface area contributed by atoms with Crippen molar-refractivity contribution < 1.29 is 14.3 Å². The van der Waals surface area contributed by atoms with Gasteiger partial charge in [-0.3, -0.25) is 4.79 Å². The summed E-state index contributed by atoms with van der Waals surface area (Å²) in [6, 6.07) is 7.55. The lowest BCUT2D eigenvalue weighted by atomic mass is 9.49. The van der Waals surface area contributed by atoms with Gasteiger partial charge in [0.15, 0.2) is 0 Å². The molecular weight excluding hydrogens is 326 g/mol. The molecule has 0 atom stereocenters. The summed E-state index contributed by atoms with van der Waals surface area (Å²) in [6.07, 6.45) is 9.70. The van der Waals surface area contributed by atoms with E-state index >= 15 is 0 Å². The van der Waals surface area contributed by atoms with Crippen LogP contribution in [-0.2, 0) is 4.79 Å². The topological polar surface area (TPSA) is 47.6 Å². The average Bonchev–Trinajstić information content (AvgIpc) is 2.63. The number of amides is 1. The smallest absolute Gasteiger partial charge is 0.220 e. The fraction of sp³-hybridized carbons (Fsp3) is 0.682. The van der Waals surface area contributed by atoms with Gasteiger partial charge in [0.2, 0.25) is 5.91 Å². The molecule has 1 amide bonds. The molecule has 0 heterocycles. The molecule has 0 aliphatic heterocycles. The van der Waals surface area contributed by atoms with E-state index in [0.29, 0.717) is 18.4 Å². The van der Waals surface area contributed by atoms with E-state index in [1.165, 1.54) is 38.5 Å². The van der Waals surface area contributed by atoms with Crippen molar-refractivity contribution in [3.05, 3.63) is 24.3 Å². The highest BCUT2D eigenvalue weighted by molar-refractivity contribution is 5.75. The normalized spacial score (nSPS) is 31.7. The second-order valence-corrected chi connectivity index (χ2v) is 8.82. The van der Waals surface area contributed by atoms with E-state index in [1.807, 2.05) is 24.3 Å². The molecule has 0 aromatic heterocycles. The number of methoxy groups -OCH3 is 1. The van der Waals surface area contributed by atoms with Gasteiger partial charge in [-0.2, -0.15) is 0 Å². The van der Waals surface area contributed by atoms with Crippen LogP contribution in [0.4, 0.5) is 0 Å². The van der Waals surface area contributed by atoms with Crippen LogP contribution in [0.5, 0.6) is 11.5 Å². The number of carbonyl (C=O) groups excluding carboxylic acids is 1. The minimum Gasteiger partial charge on any atom is -0.497 e. The van der Waals surface area contributed by atoms with Crippen molar-refractivity contribution in [2.24, 2.45) is 23.2 Å². The van der Waals surface area contributed by atoms with Crippen LogP contribution in [0.25, 0.3) is 0 Å². The third-order valence-corrected chi connectivity index (χ3v) is 6.70. The SMILES string of the molecule is COc1ccc(OCCCC(=O)NCC23CC4CC(CC(C4)C2)C3)cc1. The van der Waals surface area contributed by atoms with E-state index < -0.39 is 0 Å². The molecule has 5 rings (SSSR count). The lowest BCUT2D eigenvalue weighted by Crippen LogP contribution is -2.51. The van der Waals surface area contributed by atoms with Crippen molar-refractivity contribution in [2.45, 2.75) is 51.4 Å². The largest absolute Gasteiger partial charge is 0.497 e. The zero-order valence-electron chi connectivity index (χ0n) is 15.8. The number of hydrogen-bond donors (Lipinski definition) is 1. The van der Waals surface area contributed by atoms with E-state index in [9.17, 15) is 4.79 Å². The molecule has 4 fully saturated rings. The highest BCUT2D eigenvalue weighted by atomic mass is 16.5. The molecule has 4 saturated carbocycles. The van der Waals surface area contributed by atoms with Crippen LogP contribution in [0.1, 0.15) is 51.4 Å². The molecule has 0 radical (unpaired) electrons. The minimum atomic E-state index is 0.180. The molecule has 4 bridgehead atoms. The Balaban J connectivity index is 1.15. The van der Waals surface area contributed by atoms with Crippen LogP contribution >= 0.6 is 0 Å². The molecule has 0 saturated heterocycles. The van der Waals surface area contributed by atoms with Crippen molar-refractivity contribution >= 4 is 5.91 Å². The van der Waals surface area contributed by atoms with Crippen LogP contribution in [0.2, 0.25) is 0 Å². The molecular formula is C22H31NO3. The lowest BCUT2D eigenvalue weighted by Gasteiger charge is -2.56. The van der Waals surface area contributed by atoms with Crippen molar-refractivity contribution in [3.63, 3.8) is 0 Å². The monoisotopic (exact) mass is 357 g/mol. The summed E-state index contributed by atoms with van der Waals surface area (Å²) in [5, 5.41) is 3.24. The third-order valence-electron chi connectivity index (χ3n) is 6.70. The van der Waals surface area contributed by atoms with Gasteiger partial charge in [0.25, 0.3) is 0 Å². The van der Waals surface area contributed by atoms with Crippen LogP contribution < -0.4 is 14.8 Å². The van der Waals surface area contributed by atoms with Gasteiger partial charge in [-0.15, -0.1) is 0 Å². The quantitative estimate of drug-likeness (QED) is 0.710. The van der Waals surface area contributed by atoms with Crippen LogP contribution in [0, 0.1) is 23.2 Å². The maximum absolute atomic E-state index is 12.2. The first kappa shape index (κ1) is 17.7. The molecule has 4 heteroatoms. The van der Waals surface area contributed by atoms with Crippen LogP contribution in [0.15, 0.2) is 24.3 Å². The predicted octanol–water partition coefficient (Wildman–Crippen LogP) is 4.19. The maximum atomic E-state index is 12.2. The number of ether oxygens (including phenoxy) is 2. The van der Waals surface area contributed by atoms with Gasteiger partial charge in [-0.05, 0) is 92.4 Å². The van der Waals surface area contributed by atoms with Gasteiger partial charge < -0.3 is 14.8 Å². The van der Waals surface area contributed by atoms with Gasteiger partial charge in [0, 0.05) is 13.0 Å². The van der Waals surface area contributed by atoms with E-state index in [2.05, 4.69) is 5.32 Å². The Morgan fingerprint density at radius 1 is 1.04 bits per heavy atom. The lowest BCUT2D eigenvalue weighted by molar-refractivity contribution is -0.123. The van der Waals surface area contributed by atoms with Crippen molar-refractivity contribution in [3.8, 4) is 11.5 Å². The van der Waals surface area contributed by atoms with E-state index in [1.54, 1.807) is 7.11 Å². The molecule has 1 aromatic carbocycles. The second-order valence-electron chi connectivity index (χ2n) is 8.82. The highest BCUT2D eigenvalue weighted by Gasteiger charge is 2.50. The first-order chi connectivity index (χ1) is 12.6. The van der Waals surface area contributed by atoms with Crippen molar-refractivity contribution in [2.75, 3.05) is 20.3 Å². The Morgan fingerprint density at radius 3 is 2.19 bits per heavy atom. The molecule has 142 valence electrons. The first-order valence-corrected chi connectivity index (χ1v) is 10.2. The van der Waals surface area contributed by atoms with Gasteiger partial charge in [-0.1, -0.05) is 0 Å². The predicted molar refractivity (Wildman–Crippen MR) is 101 cm³/mol. The van der Waals surface area contributed by atoms with Gasteiger partial charge in [0.05, 0.1) is 13.7 Å². The second kappa shape index (κ2) is 7.50. The number of rotatable bonds is 8. The fourth-order valence-electron chi connectivity index (χ4n) is 5.98. The molecule has 0 spiro atoms. The molecule has 1 aromatic rings. The molecule has 4 aliphatic rings. The van der Waals surface area contributed by atoms with Gasteiger partial charge in [0.1, 0.15) is 11.5 Å². The van der Waals surface area contributed by atoms with Gasteiger partial charge in [-0.25, -0.2) is 0 Å². The Labute approximate surface area is 156 Å². The summed E-state index contributed by atoms with van der Waals surface area (Å²) in [4.78, 5) is 12.2. The van der Waals surface area contributed by atoms with Crippen molar-refractivity contribution in [1.82, 2.24) is 5.32 Å². The first-order valence-electron chi connectivity index (χ1n) is 10.2. The van der Waals surface area contributed by atoms with Crippen LogP contribution in [-0.4, -0.2) is 26.2 Å². The zero-order chi connectivity index (χ0) is 18.0. The third kappa shape index (κ3) is 3.99. The molecule has 26 heavy (non-hydrogen) atoms. The van der Waals surface area contributed by atoms with E-state index in [-0.39, 0.29) is 5.91 Å². The Bertz CT molecular complexity index is 589. The van der Waals surface area contributed by atoms with Crippen LogP contribution in [0.3, 0.4) is 0 Å². The summed E-state index contributed by atoms with van der Waals surface area (Å²) < 4.78 is 10.8. The minimum absolute atomic E-state index is 0.180. The summed E-state index contributed by atoms with van der Waals surface area (Å²) in [5.74, 6) is 4.64. The molecule has 4 aliphatic carbocycles. The standard InChI is InChI=1S/C22H31NO3/c1-25-19-4-6-20(7-5-19)26-8-2-3-21(24)23-15-22-12-16-9-17(13-22)11-18(10-16)14-22/h4-7,16-18H,2-3,8-15H2,1H3,(H,23,24). The number of hydrogen-bond acceptors (Lipinski definition) is 3. The average molecular weight is 357 g/mol. The molecule has 0 unspecified atom stereocenters. The number of benzene rings is 1. The summed E-state index contributed by atoms with van der Waals surface area (Å²) >= 11 is 0. The summed E-state index contributed by atoms with van der Waals surface area (Å²) in [7, 11) is 1.65. The maximum Gasteiger partial charge on any atom is 0.220 e. The Morgan fingerprint density at radius 2 is 1.62 bits per heavy atom. The highest BCUT2D eigenvalue weighted by Crippen LogP contribution is 2.59. The number of nitrogens with one attached hydrogen (secondary N) is 1. The Kier molecular flexibility index (Phi) is 5.10. The van der Waals surface area contributed by atoms with Crippen molar-refractivity contribution in [1.29, 1.82) is 0 Å². The van der Waals surface area contributed by atoms with E-state index in [0.717, 1.165) is 42.2 Å². The summed E-state index contributed by atoms with van der Waals surface area (Å²) in [6.45, 7) is 1.46. The summed E-state index contributed by atoms with van der Waals surface area (Å²) in [5.41, 5.74) is 0.421. The Hall–Kier alpha value is -1.71. The fourth-order valence-corrected chi connectivity index (χ4v) is 5.98. The molecule has 4 nitrogen and oxygen atoms in total. The zero-order valence-corrected chi connectivity index (χ0v) is 15.8. The van der Waals surface area contributed by atoms with E-state index in [4.69, 9.17) is 9.47 Å². The number of carbonyl (C=O) groups is 1.